The number of ether oxygens (including phenoxy) is 15. The number of nitrogens with zero attached hydrogens (tertiary/aromatic N) is 8. The molecule has 136 heavy (non-hydrogen) atoms. The highest BCUT2D eigenvalue weighted by atomic mass is 31.3. The van der Waals surface area contributed by atoms with Crippen LogP contribution in [-0.4, -0.2) is 285 Å². The molecule has 22 atom stereocenters. The van der Waals surface area contributed by atoms with Crippen molar-refractivity contribution in [3.05, 3.63) is 115 Å². The summed E-state index contributed by atoms with van der Waals surface area (Å²) in [5.41, 5.74) is 7.84. The Labute approximate surface area is 772 Å². The van der Waals surface area contributed by atoms with Crippen LogP contribution in [0.25, 0.3) is 11.2 Å². The van der Waals surface area contributed by atoms with Crippen molar-refractivity contribution in [3.63, 3.8) is 0 Å². The van der Waals surface area contributed by atoms with Crippen LogP contribution in [0.5, 0.6) is 0 Å². The number of aliphatic hydroxyl groups is 1. The molecule has 3 aromatic rings. The third-order valence-electron chi connectivity index (χ3n) is 19.6. The van der Waals surface area contributed by atoms with Crippen molar-refractivity contribution in [2.24, 2.45) is 0 Å². The number of carbonyl (C=O) groups is 14. The van der Waals surface area contributed by atoms with Crippen molar-refractivity contribution < 1.29 is 218 Å². The fourth-order valence-corrected chi connectivity index (χ4v) is 17.0. The van der Waals surface area contributed by atoms with Crippen LogP contribution in [0, 0.1) is 0 Å². The summed E-state index contributed by atoms with van der Waals surface area (Å²) in [6, 6.07) is 2.97. The van der Waals surface area contributed by atoms with E-state index in [4.69, 9.17) is 105 Å². The lowest BCUT2D eigenvalue weighted by Gasteiger charge is -2.32. The normalized spacial score (nSPS) is 27.4. The minimum absolute atomic E-state index is 0.00957. The molecule has 0 radical (unpaired) electrons. The molecular formula is C78H100N9O45P4-. The number of aromatic nitrogens is 5. The van der Waals surface area contributed by atoms with Gasteiger partial charge in [-0.15, -0.1) is 0 Å². The topological polar surface area (TPSA) is 722 Å². The molecule has 5 fully saturated rings. The van der Waals surface area contributed by atoms with Gasteiger partial charge in [0.2, 0.25) is 6.10 Å². The highest BCUT2D eigenvalue weighted by molar-refractivity contribution is 7.59. The van der Waals surface area contributed by atoms with E-state index in [1.807, 2.05) is 0 Å². The minimum atomic E-state index is -5.87. The van der Waals surface area contributed by atoms with Crippen LogP contribution in [0.15, 0.2) is 109 Å². The maximum Gasteiger partial charge on any atom is 0.469 e. The second kappa shape index (κ2) is 48.3. The molecule has 8 aliphatic heterocycles. The number of imidazole rings is 1. The Morgan fingerprint density at radius 1 is 0.419 bits per heavy atom. The van der Waals surface area contributed by atoms with Crippen molar-refractivity contribution in [3.8, 4) is 0 Å². The van der Waals surface area contributed by atoms with Crippen molar-refractivity contribution in [1.82, 2.24) is 34.2 Å². The van der Waals surface area contributed by atoms with Gasteiger partial charge < -0.3 is 135 Å². The van der Waals surface area contributed by atoms with E-state index in [9.17, 15) is 100 Å². The molecular weight excluding hydrogens is 1910 g/mol. The molecule has 0 bridgehead atoms. The molecule has 11 heterocycles. The molecule has 0 aliphatic carbocycles. The standard InChI is InChI=1S/C30H36N6O18P2.2C16H22NO10P.C16H21NO7/c1-14(37)19-7-6-8-35(9-19)29-25(50-17(4)40)23(48-15(2)38)20(52-29)10-46-55(42,43)54-56(44,45)47-11-21-24(49-16(3)39)26(51-18(5)41)30(53-21)36-13-34-22-27(31)32-12-33-28(22)36;2*1-9(18)12-5-4-6-17(7-12)16-15(26-11(3)20)14(25-10(2)19)13(27-16)8-24-28(21,22)23;1-9(19)12-5-4-6-17(7-12)16-15(23-11(3)21)14(22-10(2)20)13(8-18)24-16/h6-9,12-13,20-21,23-26,29-30H,10-11H2,1-5H3,(H3-,31,32,33,42,43,44,45);2*4,6-7,13-16H,5,8H2,1-3H3,(H2,21,22,23);4,6-7,13-16,18H,5,8H2,1-3H3/p-1/t20-,21-,23?,24?,25+,26+,29-,30-;3*13-,14?,15+,16-/m1111/s1. The van der Waals surface area contributed by atoms with E-state index in [0.29, 0.717) is 36.0 Å². The zero-order valence-electron chi connectivity index (χ0n) is 74.9. The lowest BCUT2D eigenvalue weighted by Crippen LogP contribution is -2.48. The average Bonchev–Trinajstić information content (AvgIpc) is 1.61. The van der Waals surface area contributed by atoms with Gasteiger partial charge in [0, 0.05) is 129 Å². The van der Waals surface area contributed by atoms with Gasteiger partial charge in [0.25, 0.3) is 15.6 Å². The Bertz CT molecular complexity index is 5240. The number of ketones is 4. The molecule has 7 N–H and O–H groups in total. The van der Waals surface area contributed by atoms with E-state index in [1.165, 1.54) is 104 Å². The molecule has 5 saturated heterocycles. The van der Waals surface area contributed by atoms with Crippen molar-refractivity contribution >= 4 is 131 Å². The number of fused-ring (bicyclic) bond motifs is 1. The molecule has 58 heteroatoms. The van der Waals surface area contributed by atoms with Crippen LogP contribution in [0.1, 0.15) is 139 Å². The zero-order chi connectivity index (χ0) is 101. The molecule has 54 nitrogen and oxygen atoms in total. The van der Waals surface area contributed by atoms with Crippen molar-refractivity contribution in [2.45, 2.75) is 239 Å². The van der Waals surface area contributed by atoms with Gasteiger partial charge in [-0.25, -0.2) is 28.4 Å². The van der Waals surface area contributed by atoms with Crippen LogP contribution < -0.4 is 20.1 Å². The van der Waals surface area contributed by atoms with Gasteiger partial charge in [-0.3, -0.25) is 89.9 Å². The lowest BCUT2D eigenvalue weighted by atomic mass is 10.1. The minimum Gasteiger partial charge on any atom is -0.756 e. The molecule has 0 spiro atoms. The number of hydrogen-bond acceptors (Lipinski definition) is 48. The van der Waals surface area contributed by atoms with Crippen LogP contribution in [0.3, 0.4) is 0 Å². The van der Waals surface area contributed by atoms with Crippen molar-refractivity contribution in [2.75, 3.05) is 38.8 Å². The number of anilines is 1. The molecule has 0 amide bonds. The summed E-state index contributed by atoms with van der Waals surface area (Å²) in [7, 11) is -21.4. The SMILES string of the molecule is CC(=O)OC1[C@@H](CO)O[C@@H](N2C=CCC(C(C)=O)=C2)[C@H]1OC(C)=O.CC(=O)OC1[C@@H](COP(=O)(O)O)O[C@@H](N2C=CCC(C(C)=O)=C2)[C@H]1OC(C)=O.CC(=O)OC1[C@@H](COP(=O)(O)O)O[C@@H](N2C=CCC(C(C)=O)=C2)[C@H]1OC(C)=O.CC(=O)OC1[C@@H](COP(=O)([O-])OP(=O)([O-])OC[C@H]2O[C@@H]([n+]3cccc(C(C)=O)c3)[C@@H](OC(C)=O)C2OC(C)=O)O[C@@H](n2cnc3c(N)ncnc32)[C@H]1OC(C)=O. The quantitative estimate of drug-likeness (QED) is 0.0152. The number of aliphatic hydroxyl groups excluding tert-OH is 1. The van der Waals surface area contributed by atoms with Gasteiger partial charge in [-0.2, -0.15) is 4.57 Å². The van der Waals surface area contributed by atoms with E-state index in [1.54, 1.807) is 47.9 Å². The number of phosphoric acid groups is 4. The Kier molecular flexibility index (Phi) is 39.2. The first-order valence-electron chi connectivity index (χ1n) is 40.6. The highest BCUT2D eigenvalue weighted by Crippen LogP contribution is 2.57. The van der Waals surface area contributed by atoms with Crippen LogP contribution >= 0.6 is 31.3 Å². The first-order chi connectivity index (χ1) is 63.5. The summed E-state index contributed by atoms with van der Waals surface area (Å²) in [6.07, 6.45) is -2.90. The third-order valence-corrected chi connectivity index (χ3v) is 23.1. The van der Waals surface area contributed by atoms with Gasteiger partial charge in [0.05, 0.1) is 44.9 Å². The van der Waals surface area contributed by atoms with Crippen molar-refractivity contribution in [1.29, 1.82) is 0 Å². The van der Waals surface area contributed by atoms with Gasteiger partial charge in [-0.05, 0) is 53.0 Å². The Morgan fingerprint density at radius 3 is 1.07 bits per heavy atom. The van der Waals surface area contributed by atoms with E-state index >= 15 is 0 Å². The third kappa shape index (κ3) is 31.8. The maximum absolute atomic E-state index is 12.9. The van der Waals surface area contributed by atoms with Gasteiger partial charge >= 0.3 is 81.6 Å². The summed E-state index contributed by atoms with van der Waals surface area (Å²) < 4.78 is 155. The van der Waals surface area contributed by atoms with Gasteiger partial charge in [0.15, 0.2) is 127 Å². The number of allylic oxidation sites excluding steroid dienone is 6. The van der Waals surface area contributed by atoms with E-state index in [0.717, 1.165) is 61.7 Å². The maximum atomic E-state index is 12.9. The largest absolute Gasteiger partial charge is 0.756 e. The van der Waals surface area contributed by atoms with Crippen LogP contribution in [-0.2, 0) is 174 Å². The molecule has 7 unspecified atom stereocenters. The lowest BCUT2D eigenvalue weighted by molar-refractivity contribution is -0.765. The number of hydrogen-bond donors (Lipinski definition) is 6. The second-order valence-electron chi connectivity index (χ2n) is 30.3. The Morgan fingerprint density at radius 2 is 0.728 bits per heavy atom. The average molecular weight is 2010 g/mol. The fraction of sp³-hybridized carbons (Fsp3) is 0.538. The first-order valence-corrected chi connectivity index (χ1v) is 46.6. The number of nitrogen functional groups attached to an aromatic ring is 1. The number of phosphoric ester groups is 4. The summed E-state index contributed by atoms with van der Waals surface area (Å²) in [6.45, 7) is 13.0. The molecule has 3 aromatic heterocycles. The predicted octanol–water partition coefficient (Wildman–Crippen LogP) is 0.119. The summed E-state index contributed by atoms with van der Waals surface area (Å²) in [5.74, 6) is -8.12. The molecule has 0 aromatic carbocycles. The number of nitrogens with two attached hydrogens (primary N) is 1. The van der Waals surface area contributed by atoms with E-state index < -0.39 is 247 Å². The zero-order valence-corrected chi connectivity index (χ0v) is 78.5. The van der Waals surface area contributed by atoms with Crippen LogP contribution in [0.4, 0.5) is 5.82 Å². The highest BCUT2D eigenvalue weighted by Gasteiger charge is 2.58. The first kappa shape index (κ1) is 110. The Hall–Kier alpha value is -11.0. The summed E-state index contributed by atoms with van der Waals surface area (Å²) >= 11 is 0. The van der Waals surface area contributed by atoms with Crippen LogP contribution in [0.2, 0.25) is 0 Å². The van der Waals surface area contributed by atoms with Gasteiger partial charge in [-0.1, -0.05) is 18.2 Å². The van der Waals surface area contributed by atoms with Gasteiger partial charge in [0.1, 0.15) is 42.4 Å². The van der Waals surface area contributed by atoms with E-state index in [2.05, 4.69) is 28.3 Å². The molecule has 8 aliphatic rings. The van der Waals surface area contributed by atoms with E-state index in [-0.39, 0.29) is 45.7 Å². The molecule has 0 saturated carbocycles. The number of esters is 10. The fourth-order valence-electron chi connectivity index (χ4n) is 14.3. The summed E-state index contributed by atoms with van der Waals surface area (Å²) in [4.78, 5) is 242. The summed E-state index contributed by atoms with van der Waals surface area (Å²) in [5, 5.41) is 9.49. The molecule has 11 rings (SSSR count). The number of pyridine rings is 1. The predicted molar refractivity (Wildman–Crippen MR) is 440 cm³/mol. The number of Topliss-reactive ketones (excluding diaryl/α,β-unsaturated/α-hetero) is 4. The monoisotopic (exact) mass is 2010 g/mol. The number of carbonyl (C=O) groups excluding carboxylic acids is 14. The smallest absolute Gasteiger partial charge is 0.469 e. The second-order valence-corrected chi connectivity index (χ2v) is 35.7. The number of rotatable bonds is 34. The molecule has 748 valence electrons. The Balaban J connectivity index is 0.000000240.